The van der Waals surface area contributed by atoms with Gasteiger partial charge in [0.15, 0.2) is 5.82 Å². The Morgan fingerprint density at radius 3 is 2.19 bits per heavy atom. The van der Waals surface area contributed by atoms with Crippen LogP contribution in [-0.2, 0) is 26.5 Å². The maximum absolute atomic E-state index is 12.8. The highest BCUT2D eigenvalue weighted by atomic mass is 79.9. The zero-order valence-electron chi connectivity index (χ0n) is 16.5. The van der Waals surface area contributed by atoms with E-state index in [4.69, 9.17) is 4.74 Å². The molecule has 3 aromatic rings. The normalized spacial score (nSPS) is 11.7. The minimum absolute atomic E-state index is 0.0212. The molecule has 0 radical (unpaired) electrons. The van der Waals surface area contributed by atoms with E-state index in [1.165, 1.54) is 49.6 Å². The fraction of sp³-hybridized carbons (Fsp3) is 0.158. The molecule has 0 saturated heterocycles. The lowest BCUT2D eigenvalue weighted by atomic mass is 10.2. The highest BCUT2D eigenvalue weighted by Gasteiger charge is 2.20. The van der Waals surface area contributed by atoms with Gasteiger partial charge in [0.05, 0.1) is 16.9 Å². The summed E-state index contributed by atoms with van der Waals surface area (Å²) in [4.78, 5) is 0.0978. The fourth-order valence-corrected chi connectivity index (χ4v) is 5.44. The molecule has 0 bridgehead atoms. The van der Waals surface area contributed by atoms with Gasteiger partial charge in [-0.3, -0.25) is 9.44 Å². The molecule has 31 heavy (non-hydrogen) atoms. The Bertz CT molecular complexity index is 1280. The molecule has 9 nitrogen and oxygen atoms in total. The average molecular weight is 527 g/mol. The zero-order chi connectivity index (χ0) is 22.6. The summed E-state index contributed by atoms with van der Waals surface area (Å²) in [6, 6.07) is 13.1. The third-order valence-electron chi connectivity index (χ3n) is 4.20. The van der Waals surface area contributed by atoms with Crippen molar-refractivity contribution in [3.05, 3.63) is 64.6 Å². The molecule has 1 aromatic heterocycles. The number of methoxy groups -OCH3 is 1. The summed E-state index contributed by atoms with van der Waals surface area (Å²) in [6.45, 7) is 1.86. The average Bonchev–Trinajstić information content (AvgIpc) is 2.74. The Kier molecular flexibility index (Phi) is 6.82. The minimum atomic E-state index is -3.94. The van der Waals surface area contributed by atoms with Crippen LogP contribution in [0, 0.1) is 0 Å². The van der Waals surface area contributed by atoms with Crippen LogP contribution in [0.15, 0.2) is 68.9 Å². The van der Waals surface area contributed by atoms with Crippen molar-refractivity contribution < 1.29 is 21.6 Å². The number of ether oxygens (including phenoxy) is 1. The van der Waals surface area contributed by atoms with Gasteiger partial charge in [0.2, 0.25) is 5.88 Å². The third kappa shape index (κ3) is 5.51. The number of anilines is 2. The standard InChI is InChI=1S/C19H19BrN4O5S2/c1-3-13-12-14(20)4-9-17(13)31(27,28)23-15-5-7-16(8-6-15)30(25,26)24-18-10-11-19(29-2)22-21-18/h4-12,23H,3H2,1-2H3,(H,21,24). The second-order valence-corrected chi connectivity index (χ2v) is 10.6. The maximum atomic E-state index is 12.8. The van der Waals surface area contributed by atoms with E-state index >= 15 is 0 Å². The lowest BCUT2D eigenvalue weighted by Crippen LogP contribution is -2.16. The van der Waals surface area contributed by atoms with Gasteiger partial charge >= 0.3 is 0 Å². The summed E-state index contributed by atoms with van der Waals surface area (Å²) in [5.41, 5.74) is 0.888. The maximum Gasteiger partial charge on any atom is 0.263 e. The Labute approximate surface area is 189 Å². The first-order valence-electron chi connectivity index (χ1n) is 8.96. The second kappa shape index (κ2) is 9.20. The highest BCUT2D eigenvalue weighted by Crippen LogP contribution is 2.25. The molecule has 0 spiro atoms. The summed E-state index contributed by atoms with van der Waals surface area (Å²) >= 11 is 3.34. The molecule has 3 rings (SSSR count). The number of aromatic nitrogens is 2. The quantitative estimate of drug-likeness (QED) is 0.460. The Balaban J connectivity index is 1.79. The van der Waals surface area contributed by atoms with E-state index in [0.29, 0.717) is 12.0 Å². The number of halogens is 1. The largest absolute Gasteiger partial charge is 0.480 e. The molecular formula is C19H19BrN4O5S2. The van der Waals surface area contributed by atoms with Crippen LogP contribution in [0.4, 0.5) is 11.5 Å². The summed E-state index contributed by atoms with van der Waals surface area (Å²) in [7, 11) is -6.36. The molecule has 0 fully saturated rings. The Hall–Kier alpha value is -2.70. The number of hydrogen-bond donors (Lipinski definition) is 2. The predicted molar refractivity (Wildman–Crippen MR) is 120 cm³/mol. The van der Waals surface area contributed by atoms with Crippen LogP contribution < -0.4 is 14.2 Å². The molecular weight excluding hydrogens is 508 g/mol. The van der Waals surface area contributed by atoms with Crippen molar-refractivity contribution in [3.63, 3.8) is 0 Å². The van der Waals surface area contributed by atoms with Gasteiger partial charge in [-0.05, 0) is 60.5 Å². The Morgan fingerprint density at radius 1 is 0.903 bits per heavy atom. The van der Waals surface area contributed by atoms with Crippen LogP contribution in [0.1, 0.15) is 12.5 Å². The monoisotopic (exact) mass is 526 g/mol. The van der Waals surface area contributed by atoms with Crippen molar-refractivity contribution in [1.29, 1.82) is 0 Å². The topological polar surface area (TPSA) is 127 Å². The predicted octanol–water partition coefficient (Wildman–Crippen LogP) is 3.41. The molecule has 0 aliphatic carbocycles. The van der Waals surface area contributed by atoms with Crippen molar-refractivity contribution in [1.82, 2.24) is 10.2 Å². The Morgan fingerprint density at radius 2 is 1.61 bits per heavy atom. The van der Waals surface area contributed by atoms with Crippen molar-refractivity contribution in [2.75, 3.05) is 16.6 Å². The van der Waals surface area contributed by atoms with Gasteiger partial charge < -0.3 is 4.74 Å². The lowest BCUT2D eigenvalue weighted by Gasteiger charge is -2.13. The molecule has 0 atom stereocenters. The van der Waals surface area contributed by atoms with Crippen molar-refractivity contribution in [2.45, 2.75) is 23.1 Å². The van der Waals surface area contributed by atoms with Crippen molar-refractivity contribution >= 4 is 47.5 Å². The first-order chi connectivity index (χ1) is 14.6. The molecule has 12 heteroatoms. The van der Waals surface area contributed by atoms with E-state index in [2.05, 4.69) is 35.6 Å². The van der Waals surface area contributed by atoms with Gasteiger partial charge in [-0.1, -0.05) is 22.9 Å². The highest BCUT2D eigenvalue weighted by molar-refractivity contribution is 9.10. The fourth-order valence-electron chi connectivity index (χ4n) is 2.68. The van der Waals surface area contributed by atoms with Crippen LogP contribution in [0.3, 0.4) is 0 Å². The zero-order valence-corrected chi connectivity index (χ0v) is 19.8. The molecule has 2 aromatic carbocycles. The van der Waals surface area contributed by atoms with Gasteiger partial charge in [-0.15, -0.1) is 10.2 Å². The number of sulfonamides is 2. The summed E-state index contributed by atoms with van der Waals surface area (Å²) in [6.07, 6.45) is 0.535. The minimum Gasteiger partial charge on any atom is -0.480 e. The van der Waals surface area contributed by atoms with Crippen LogP contribution in [0.5, 0.6) is 5.88 Å². The van der Waals surface area contributed by atoms with Gasteiger partial charge in [0.25, 0.3) is 20.0 Å². The molecule has 1 heterocycles. The van der Waals surface area contributed by atoms with Crippen molar-refractivity contribution in [2.24, 2.45) is 0 Å². The van der Waals surface area contributed by atoms with Gasteiger partial charge in [0, 0.05) is 16.2 Å². The summed E-state index contributed by atoms with van der Waals surface area (Å²) in [5, 5.41) is 7.42. The number of nitrogens with zero attached hydrogens (tertiary/aromatic N) is 2. The van der Waals surface area contributed by atoms with E-state index in [1.54, 1.807) is 12.1 Å². The van der Waals surface area contributed by atoms with Crippen LogP contribution in [0.2, 0.25) is 0 Å². The van der Waals surface area contributed by atoms with E-state index in [1.807, 2.05) is 6.92 Å². The van der Waals surface area contributed by atoms with Gasteiger partial charge in [-0.2, -0.15) is 0 Å². The summed E-state index contributed by atoms with van der Waals surface area (Å²) in [5.74, 6) is 0.268. The number of hydrogen-bond acceptors (Lipinski definition) is 7. The first-order valence-corrected chi connectivity index (χ1v) is 12.7. The molecule has 0 aliphatic rings. The smallest absolute Gasteiger partial charge is 0.263 e. The van der Waals surface area contributed by atoms with Gasteiger partial charge in [-0.25, -0.2) is 16.8 Å². The second-order valence-electron chi connectivity index (χ2n) is 6.30. The van der Waals surface area contributed by atoms with E-state index in [-0.39, 0.29) is 27.2 Å². The number of aryl methyl sites for hydroxylation is 1. The summed E-state index contributed by atoms with van der Waals surface area (Å²) < 4.78 is 61.1. The lowest BCUT2D eigenvalue weighted by molar-refractivity contribution is 0.392. The molecule has 0 aliphatic heterocycles. The molecule has 164 valence electrons. The third-order valence-corrected chi connectivity index (χ3v) is 7.54. The molecule has 0 unspecified atom stereocenters. The SMILES string of the molecule is CCc1cc(Br)ccc1S(=O)(=O)Nc1ccc(S(=O)(=O)Nc2ccc(OC)nn2)cc1. The van der Waals surface area contributed by atoms with Crippen molar-refractivity contribution in [3.8, 4) is 5.88 Å². The van der Waals surface area contributed by atoms with Gasteiger partial charge in [0.1, 0.15) is 0 Å². The van der Waals surface area contributed by atoms with E-state index < -0.39 is 20.0 Å². The molecule has 2 N–H and O–H groups in total. The van der Waals surface area contributed by atoms with Crippen LogP contribution in [-0.4, -0.2) is 34.1 Å². The number of benzene rings is 2. The van der Waals surface area contributed by atoms with Crippen LogP contribution >= 0.6 is 15.9 Å². The number of rotatable bonds is 8. The van der Waals surface area contributed by atoms with E-state index in [0.717, 1.165) is 4.47 Å². The van der Waals surface area contributed by atoms with E-state index in [9.17, 15) is 16.8 Å². The molecule has 0 saturated carbocycles. The molecule has 0 amide bonds. The van der Waals surface area contributed by atoms with Crippen LogP contribution in [0.25, 0.3) is 0 Å². The number of nitrogens with one attached hydrogen (secondary N) is 2. The first kappa shape index (κ1) is 23.0.